The number of halogens is 2. The van der Waals surface area contributed by atoms with Gasteiger partial charge in [-0.15, -0.1) is 12.4 Å². The number of nitrogens with two attached hydrogens (primary N) is 1. The Morgan fingerprint density at radius 3 is 2.90 bits per heavy atom. The van der Waals surface area contributed by atoms with Crippen LogP contribution in [0, 0.1) is 6.92 Å². The minimum atomic E-state index is 0. The van der Waals surface area contributed by atoms with Crippen LogP contribution in [0.1, 0.15) is 36.9 Å². The number of hydrogen-bond donors (Lipinski definition) is 1. The van der Waals surface area contributed by atoms with Crippen LogP contribution in [0.15, 0.2) is 4.52 Å². The summed E-state index contributed by atoms with van der Waals surface area (Å²) < 4.78 is 4.89. The van der Waals surface area contributed by atoms with E-state index >= 15 is 0 Å². The van der Waals surface area contributed by atoms with Gasteiger partial charge in [0.25, 0.3) is 0 Å². The zero-order valence-electron chi connectivity index (χ0n) is 11.6. The molecule has 0 saturated carbocycles. The summed E-state index contributed by atoms with van der Waals surface area (Å²) in [6.45, 7) is 3.19. The summed E-state index contributed by atoms with van der Waals surface area (Å²) in [5, 5.41) is 4.08. The summed E-state index contributed by atoms with van der Waals surface area (Å²) in [6, 6.07) is 0.195. The van der Waals surface area contributed by atoms with Gasteiger partial charge in [-0.3, -0.25) is 4.79 Å². The van der Waals surface area contributed by atoms with Crippen LogP contribution < -0.4 is 5.73 Å². The van der Waals surface area contributed by atoms with Gasteiger partial charge >= 0.3 is 0 Å². The third-order valence-electron chi connectivity index (χ3n) is 3.75. The number of amides is 1. The van der Waals surface area contributed by atoms with Crippen molar-refractivity contribution in [3.05, 3.63) is 16.5 Å². The van der Waals surface area contributed by atoms with Crippen molar-refractivity contribution < 1.29 is 9.32 Å². The molecule has 1 aliphatic rings. The summed E-state index contributed by atoms with van der Waals surface area (Å²) in [5.74, 6) is 0.145. The fraction of sp³-hybridized carbons (Fsp3) is 0.692. The molecule has 20 heavy (non-hydrogen) atoms. The first-order valence-electron chi connectivity index (χ1n) is 6.73. The molecule has 1 amide bonds. The van der Waals surface area contributed by atoms with Crippen LogP contribution in [0.4, 0.5) is 0 Å². The Morgan fingerprint density at radius 2 is 2.30 bits per heavy atom. The number of carbonyl (C=O) groups excluding carboxylic acids is 1. The lowest BCUT2D eigenvalue weighted by atomic mass is 10.0. The third kappa shape index (κ3) is 3.87. The fourth-order valence-corrected chi connectivity index (χ4v) is 2.86. The molecule has 0 aliphatic carbocycles. The number of hydrogen-bond acceptors (Lipinski definition) is 4. The SMILES string of the molecule is Cc1noc(Cl)c1CCC(=O)N1CCCCC1CN.Cl. The van der Waals surface area contributed by atoms with E-state index in [1.807, 2.05) is 11.8 Å². The Morgan fingerprint density at radius 1 is 1.55 bits per heavy atom. The van der Waals surface area contributed by atoms with E-state index in [1.54, 1.807) is 0 Å². The van der Waals surface area contributed by atoms with Crippen molar-refractivity contribution in [1.29, 1.82) is 0 Å². The molecule has 1 aliphatic heterocycles. The van der Waals surface area contributed by atoms with E-state index in [-0.39, 0.29) is 24.4 Å². The van der Waals surface area contributed by atoms with Gasteiger partial charge in [0.05, 0.1) is 5.69 Å². The smallest absolute Gasteiger partial charge is 0.229 e. The molecule has 0 aromatic carbocycles. The molecule has 2 heterocycles. The van der Waals surface area contributed by atoms with Gasteiger partial charge in [-0.25, -0.2) is 0 Å². The van der Waals surface area contributed by atoms with E-state index in [4.69, 9.17) is 21.9 Å². The molecule has 2 rings (SSSR count). The summed E-state index contributed by atoms with van der Waals surface area (Å²) in [7, 11) is 0. The van der Waals surface area contributed by atoms with Gasteiger partial charge in [-0.2, -0.15) is 0 Å². The highest BCUT2D eigenvalue weighted by Crippen LogP contribution is 2.22. The zero-order valence-corrected chi connectivity index (χ0v) is 13.2. The Kier molecular flexibility index (Phi) is 6.79. The minimum absolute atomic E-state index is 0. The van der Waals surface area contributed by atoms with Crippen LogP contribution in [0.2, 0.25) is 5.22 Å². The number of rotatable bonds is 4. The van der Waals surface area contributed by atoms with Gasteiger partial charge in [-0.05, 0) is 44.2 Å². The molecular weight excluding hydrogens is 301 g/mol. The molecular formula is C13H21Cl2N3O2. The number of aryl methyl sites for hydroxylation is 1. The standard InChI is InChI=1S/C13H20ClN3O2.ClH/c1-9-11(13(14)19-16-9)5-6-12(18)17-7-3-2-4-10(17)8-15;/h10H,2-8,15H2,1H3;1H. The van der Waals surface area contributed by atoms with E-state index in [2.05, 4.69) is 5.16 Å². The molecule has 1 atom stereocenters. The van der Waals surface area contributed by atoms with Crippen LogP contribution in [-0.2, 0) is 11.2 Å². The maximum atomic E-state index is 12.3. The maximum absolute atomic E-state index is 12.3. The van der Waals surface area contributed by atoms with Gasteiger partial charge in [0.15, 0.2) is 0 Å². The number of carbonyl (C=O) groups is 1. The van der Waals surface area contributed by atoms with E-state index in [0.717, 1.165) is 37.1 Å². The molecule has 0 radical (unpaired) electrons. The van der Waals surface area contributed by atoms with E-state index in [9.17, 15) is 4.79 Å². The van der Waals surface area contributed by atoms with Crippen LogP contribution in [0.5, 0.6) is 0 Å². The average Bonchev–Trinajstić information content (AvgIpc) is 2.75. The average molecular weight is 322 g/mol. The zero-order chi connectivity index (χ0) is 13.8. The van der Waals surface area contributed by atoms with E-state index in [1.165, 1.54) is 0 Å². The molecule has 1 aromatic heterocycles. The van der Waals surface area contributed by atoms with Gasteiger partial charge in [0, 0.05) is 31.1 Å². The van der Waals surface area contributed by atoms with E-state index in [0.29, 0.717) is 24.6 Å². The van der Waals surface area contributed by atoms with E-state index < -0.39 is 0 Å². The highest BCUT2D eigenvalue weighted by atomic mass is 35.5. The van der Waals surface area contributed by atoms with Crippen molar-refractivity contribution in [2.75, 3.05) is 13.1 Å². The van der Waals surface area contributed by atoms with Crippen molar-refractivity contribution in [2.24, 2.45) is 5.73 Å². The molecule has 0 spiro atoms. The predicted octanol–water partition coefficient (Wildman–Crippen LogP) is 2.33. The van der Waals surface area contributed by atoms with Gasteiger partial charge < -0.3 is 15.2 Å². The molecule has 5 nitrogen and oxygen atoms in total. The normalized spacial score (nSPS) is 18.8. The number of piperidine rings is 1. The van der Waals surface area contributed by atoms with Crippen molar-refractivity contribution in [1.82, 2.24) is 10.1 Å². The second-order valence-electron chi connectivity index (χ2n) is 4.99. The molecule has 1 aromatic rings. The molecule has 114 valence electrons. The maximum Gasteiger partial charge on any atom is 0.229 e. The first-order valence-corrected chi connectivity index (χ1v) is 7.11. The van der Waals surface area contributed by atoms with Crippen molar-refractivity contribution in [3.63, 3.8) is 0 Å². The van der Waals surface area contributed by atoms with Gasteiger partial charge in [0.1, 0.15) is 0 Å². The fourth-order valence-electron chi connectivity index (χ4n) is 2.59. The summed E-state index contributed by atoms with van der Waals surface area (Å²) in [6.07, 6.45) is 4.23. The first kappa shape index (κ1) is 17.3. The number of likely N-dealkylation sites (tertiary alicyclic amines) is 1. The number of nitrogens with zero attached hydrogens (tertiary/aromatic N) is 2. The molecule has 1 fully saturated rings. The van der Waals surface area contributed by atoms with Crippen molar-refractivity contribution in [2.45, 2.75) is 45.1 Å². The van der Waals surface area contributed by atoms with Crippen LogP contribution in [0.3, 0.4) is 0 Å². The second-order valence-corrected chi connectivity index (χ2v) is 5.34. The molecule has 1 saturated heterocycles. The Hall–Kier alpha value is -0.780. The van der Waals surface area contributed by atoms with Crippen LogP contribution in [-0.4, -0.2) is 35.1 Å². The predicted molar refractivity (Wildman–Crippen MR) is 80.2 cm³/mol. The second kappa shape index (κ2) is 7.86. The Balaban J connectivity index is 0.00000200. The molecule has 2 N–H and O–H groups in total. The van der Waals surface area contributed by atoms with Crippen LogP contribution >= 0.6 is 24.0 Å². The summed E-state index contributed by atoms with van der Waals surface area (Å²) in [4.78, 5) is 14.2. The number of aromatic nitrogens is 1. The molecule has 0 bridgehead atoms. The largest absolute Gasteiger partial charge is 0.344 e. The highest BCUT2D eigenvalue weighted by molar-refractivity contribution is 6.29. The molecule has 7 heteroatoms. The van der Waals surface area contributed by atoms with Gasteiger partial charge in [-0.1, -0.05) is 5.16 Å². The van der Waals surface area contributed by atoms with Crippen molar-refractivity contribution in [3.8, 4) is 0 Å². The lowest BCUT2D eigenvalue weighted by Crippen LogP contribution is -2.47. The summed E-state index contributed by atoms with van der Waals surface area (Å²) >= 11 is 5.90. The highest BCUT2D eigenvalue weighted by Gasteiger charge is 2.25. The summed E-state index contributed by atoms with van der Waals surface area (Å²) in [5.41, 5.74) is 7.32. The van der Waals surface area contributed by atoms with Crippen molar-refractivity contribution >= 4 is 29.9 Å². The topological polar surface area (TPSA) is 72.4 Å². The lowest BCUT2D eigenvalue weighted by Gasteiger charge is -2.35. The van der Waals surface area contributed by atoms with Gasteiger partial charge in [0.2, 0.25) is 11.1 Å². The Labute approximate surface area is 130 Å². The lowest BCUT2D eigenvalue weighted by molar-refractivity contribution is -0.134. The molecule has 1 unspecified atom stereocenters. The Bertz CT molecular complexity index is 431. The quantitative estimate of drug-likeness (QED) is 0.923. The minimum Gasteiger partial charge on any atom is -0.344 e. The van der Waals surface area contributed by atoms with Crippen LogP contribution in [0.25, 0.3) is 0 Å². The third-order valence-corrected chi connectivity index (χ3v) is 4.04. The monoisotopic (exact) mass is 321 g/mol. The first-order chi connectivity index (χ1) is 9.13.